The van der Waals surface area contributed by atoms with Gasteiger partial charge >= 0.3 is 0 Å². The van der Waals surface area contributed by atoms with Crippen molar-refractivity contribution in [3.05, 3.63) is 17.0 Å². The second-order valence-electron chi connectivity index (χ2n) is 5.45. The molecule has 110 valence electrons. The van der Waals surface area contributed by atoms with Crippen LogP contribution in [-0.2, 0) is 25.9 Å². The number of aromatic nitrogens is 2. The van der Waals surface area contributed by atoms with E-state index in [4.69, 9.17) is 5.10 Å². The van der Waals surface area contributed by atoms with Crippen LogP contribution in [0.25, 0.3) is 0 Å². The summed E-state index contributed by atoms with van der Waals surface area (Å²) in [6.07, 6.45) is 4.51. The highest BCUT2D eigenvalue weighted by molar-refractivity contribution is 5.26. The van der Waals surface area contributed by atoms with E-state index in [-0.39, 0.29) is 0 Å². The zero-order valence-corrected chi connectivity index (χ0v) is 13.4. The van der Waals surface area contributed by atoms with Gasteiger partial charge in [-0.05, 0) is 31.7 Å². The van der Waals surface area contributed by atoms with Gasteiger partial charge in [0.05, 0.1) is 5.69 Å². The second-order valence-corrected chi connectivity index (χ2v) is 5.45. The topological polar surface area (TPSA) is 29.9 Å². The number of aryl methyl sites for hydroxylation is 1. The molecule has 1 aromatic heterocycles. The third-order valence-electron chi connectivity index (χ3n) is 3.83. The van der Waals surface area contributed by atoms with E-state index in [1.165, 1.54) is 29.8 Å². The maximum absolute atomic E-state index is 4.84. The van der Waals surface area contributed by atoms with Crippen LogP contribution in [-0.4, -0.2) is 16.3 Å². The van der Waals surface area contributed by atoms with Gasteiger partial charge in [0.1, 0.15) is 0 Å². The van der Waals surface area contributed by atoms with Gasteiger partial charge < -0.3 is 5.32 Å². The smallest absolute Gasteiger partial charge is 0.0669 e. The van der Waals surface area contributed by atoms with Crippen LogP contribution in [0.4, 0.5) is 0 Å². The molecule has 0 amide bonds. The minimum atomic E-state index is 0.700. The predicted molar refractivity (Wildman–Crippen MR) is 82.4 cm³/mol. The lowest BCUT2D eigenvalue weighted by atomic mass is 10.1. The van der Waals surface area contributed by atoms with Gasteiger partial charge in [-0.1, -0.05) is 41.0 Å². The maximum Gasteiger partial charge on any atom is 0.0669 e. The molecular formula is C16H31N3. The lowest BCUT2D eigenvalue weighted by Gasteiger charge is -2.12. The lowest BCUT2D eigenvalue weighted by Crippen LogP contribution is -2.16. The minimum Gasteiger partial charge on any atom is -0.313 e. The highest BCUT2D eigenvalue weighted by Gasteiger charge is 2.16. The zero-order valence-electron chi connectivity index (χ0n) is 13.4. The number of rotatable bonds is 9. The molecule has 0 radical (unpaired) electrons. The largest absolute Gasteiger partial charge is 0.313 e. The fourth-order valence-electron chi connectivity index (χ4n) is 2.44. The van der Waals surface area contributed by atoms with E-state index in [1.807, 2.05) is 0 Å². The zero-order chi connectivity index (χ0) is 14.3. The van der Waals surface area contributed by atoms with Gasteiger partial charge in [0.25, 0.3) is 0 Å². The molecule has 0 spiro atoms. The second kappa shape index (κ2) is 8.36. The summed E-state index contributed by atoms with van der Waals surface area (Å²) in [5, 5.41) is 8.37. The molecule has 1 aromatic rings. The molecule has 0 saturated carbocycles. The van der Waals surface area contributed by atoms with Gasteiger partial charge in [-0.15, -0.1) is 0 Å². The average molecular weight is 265 g/mol. The van der Waals surface area contributed by atoms with E-state index >= 15 is 0 Å². The Kier molecular flexibility index (Phi) is 7.14. The van der Waals surface area contributed by atoms with Crippen molar-refractivity contribution in [2.24, 2.45) is 5.92 Å². The first kappa shape index (κ1) is 16.2. The SMILES string of the molecule is CCCNCc1c(CC)nn(CC(C)CC)c1CC. The summed E-state index contributed by atoms with van der Waals surface area (Å²) in [7, 11) is 0. The van der Waals surface area contributed by atoms with Crippen LogP contribution in [0.2, 0.25) is 0 Å². The van der Waals surface area contributed by atoms with Crippen molar-refractivity contribution in [3.63, 3.8) is 0 Å². The molecule has 0 saturated heterocycles. The monoisotopic (exact) mass is 265 g/mol. The van der Waals surface area contributed by atoms with Crippen LogP contribution >= 0.6 is 0 Å². The summed E-state index contributed by atoms with van der Waals surface area (Å²) in [5.41, 5.74) is 4.16. The van der Waals surface area contributed by atoms with Crippen LogP contribution < -0.4 is 5.32 Å². The van der Waals surface area contributed by atoms with Gasteiger partial charge in [-0.2, -0.15) is 5.10 Å². The van der Waals surface area contributed by atoms with Crippen molar-refractivity contribution in [2.45, 2.75) is 73.4 Å². The van der Waals surface area contributed by atoms with Crippen molar-refractivity contribution in [1.29, 1.82) is 0 Å². The maximum atomic E-state index is 4.84. The van der Waals surface area contributed by atoms with E-state index in [9.17, 15) is 0 Å². The van der Waals surface area contributed by atoms with E-state index < -0.39 is 0 Å². The molecule has 1 unspecified atom stereocenters. The molecule has 0 bridgehead atoms. The Morgan fingerprint density at radius 3 is 2.42 bits per heavy atom. The normalized spacial score (nSPS) is 12.9. The van der Waals surface area contributed by atoms with Gasteiger partial charge in [-0.3, -0.25) is 4.68 Å². The molecular weight excluding hydrogens is 234 g/mol. The number of hydrogen-bond donors (Lipinski definition) is 1. The van der Waals surface area contributed by atoms with Crippen molar-refractivity contribution in [3.8, 4) is 0 Å². The average Bonchev–Trinajstić information content (AvgIpc) is 2.75. The van der Waals surface area contributed by atoms with E-state index in [1.54, 1.807) is 0 Å². The third kappa shape index (κ3) is 4.34. The molecule has 1 N–H and O–H groups in total. The van der Waals surface area contributed by atoms with Crippen molar-refractivity contribution >= 4 is 0 Å². The van der Waals surface area contributed by atoms with Crippen LogP contribution in [0.1, 0.15) is 64.4 Å². The lowest BCUT2D eigenvalue weighted by molar-refractivity contribution is 0.427. The molecule has 0 aliphatic rings. The molecule has 3 nitrogen and oxygen atoms in total. The molecule has 3 heteroatoms. The first-order valence-electron chi connectivity index (χ1n) is 7.95. The van der Waals surface area contributed by atoms with Gasteiger partial charge in [0.2, 0.25) is 0 Å². The molecule has 0 aliphatic carbocycles. The Morgan fingerprint density at radius 2 is 1.89 bits per heavy atom. The molecule has 19 heavy (non-hydrogen) atoms. The van der Waals surface area contributed by atoms with Crippen molar-refractivity contribution in [1.82, 2.24) is 15.1 Å². The predicted octanol–water partition coefficient (Wildman–Crippen LogP) is 3.55. The number of nitrogens with zero attached hydrogens (tertiary/aromatic N) is 2. The minimum absolute atomic E-state index is 0.700. The molecule has 1 heterocycles. The Morgan fingerprint density at radius 1 is 1.16 bits per heavy atom. The highest BCUT2D eigenvalue weighted by atomic mass is 15.3. The van der Waals surface area contributed by atoms with Gasteiger partial charge in [-0.25, -0.2) is 0 Å². The summed E-state index contributed by atoms with van der Waals surface area (Å²) in [6.45, 7) is 14.3. The van der Waals surface area contributed by atoms with Crippen LogP contribution in [0.5, 0.6) is 0 Å². The Bertz CT molecular complexity index is 368. The Balaban J connectivity index is 2.92. The van der Waals surface area contributed by atoms with Crippen LogP contribution in [0.3, 0.4) is 0 Å². The summed E-state index contributed by atoms with van der Waals surface area (Å²) in [5.74, 6) is 0.700. The summed E-state index contributed by atoms with van der Waals surface area (Å²) < 4.78 is 2.26. The van der Waals surface area contributed by atoms with Gasteiger partial charge in [0.15, 0.2) is 0 Å². The van der Waals surface area contributed by atoms with Crippen LogP contribution in [0, 0.1) is 5.92 Å². The highest BCUT2D eigenvalue weighted by Crippen LogP contribution is 2.18. The van der Waals surface area contributed by atoms with E-state index in [0.29, 0.717) is 5.92 Å². The molecule has 1 rings (SSSR count). The number of nitrogens with one attached hydrogen (secondary N) is 1. The quantitative estimate of drug-likeness (QED) is 0.692. The first-order valence-corrected chi connectivity index (χ1v) is 7.95. The Hall–Kier alpha value is -0.830. The van der Waals surface area contributed by atoms with E-state index in [2.05, 4.69) is 44.6 Å². The summed E-state index contributed by atoms with van der Waals surface area (Å²) in [4.78, 5) is 0. The standard InChI is InChI=1S/C16H31N3/c1-6-10-17-11-14-15(8-3)18-19(16(14)9-4)12-13(5)7-2/h13,17H,6-12H2,1-5H3. The summed E-state index contributed by atoms with van der Waals surface area (Å²) >= 11 is 0. The van der Waals surface area contributed by atoms with E-state index in [0.717, 1.165) is 32.5 Å². The fourth-order valence-corrected chi connectivity index (χ4v) is 2.44. The van der Waals surface area contributed by atoms with Crippen molar-refractivity contribution < 1.29 is 0 Å². The molecule has 0 fully saturated rings. The number of hydrogen-bond acceptors (Lipinski definition) is 2. The third-order valence-corrected chi connectivity index (χ3v) is 3.83. The molecule has 1 atom stereocenters. The molecule has 0 aromatic carbocycles. The Labute approximate surface area is 118 Å². The van der Waals surface area contributed by atoms with Crippen LogP contribution in [0.15, 0.2) is 0 Å². The summed E-state index contributed by atoms with van der Waals surface area (Å²) in [6, 6.07) is 0. The van der Waals surface area contributed by atoms with Gasteiger partial charge in [0, 0.05) is 24.3 Å². The molecule has 0 aliphatic heterocycles. The van der Waals surface area contributed by atoms with Crippen molar-refractivity contribution in [2.75, 3.05) is 6.54 Å². The fraction of sp³-hybridized carbons (Fsp3) is 0.812. The first-order chi connectivity index (χ1) is 9.17.